The first-order valence-corrected chi connectivity index (χ1v) is 15.0. The van der Waals surface area contributed by atoms with Gasteiger partial charge in [-0.05, 0) is 95.1 Å². The number of benzene rings is 2. The summed E-state index contributed by atoms with van der Waals surface area (Å²) < 4.78 is 9.12. The van der Waals surface area contributed by atoms with Gasteiger partial charge in [-0.2, -0.15) is 5.26 Å². The topological polar surface area (TPSA) is 135 Å². The molecule has 0 radical (unpaired) electrons. The molecule has 11 heteroatoms. The van der Waals surface area contributed by atoms with Crippen molar-refractivity contribution in [3.63, 3.8) is 0 Å². The van der Waals surface area contributed by atoms with Crippen LogP contribution in [0.1, 0.15) is 45.6 Å². The normalized spacial score (nSPS) is 16.8. The maximum absolute atomic E-state index is 14.0. The zero-order valence-electron chi connectivity index (χ0n) is 25.0. The quantitative estimate of drug-likeness (QED) is 0.246. The predicted molar refractivity (Wildman–Crippen MR) is 167 cm³/mol. The third kappa shape index (κ3) is 5.56. The van der Waals surface area contributed by atoms with Gasteiger partial charge in [-0.15, -0.1) is 0 Å². The molecule has 0 spiro atoms. The fourth-order valence-corrected chi connectivity index (χ4v) is 6.30. The first kappa shape index (κ1) is 29.1. The summed E-state index contributed by atoms with van der Waals surface area (Å²) in [4.78, 5) is 40.1. The highest BCUT2D eigenvalue weighted by Crippen LogP contribution is 2.30. The van der Waals surface area contributed by atoms with Crippen LogP contribution in [0.4, 0.5) is 5.82 Å². The maximum Gasteiger partial charge on any atom is 0.335 e. The molecule has 0 unspecified atom stereocenters. The third-order valence-corrected chi connectivity index (χ3v) is 8.64. The molecule has 1 amide bonds. The average molecular weight is 593 g/mol. The number of carbonyl (C=O) groups is 1. The molecule has 0 atom stereocenters. The first-order chi connectivity index (χ1) is 21.3. The second-order valence-electron chi connectivity index (χ2n) is 11.9. The number of carbonyl (C=O) groups excluding carboxylic acids is 1. The van der Waals surface area contributed by atoms with Crippen LogP contribution in [0, 0.1) is 11.3 Å². The Morgan fingerprint density at radius 1 is 1.00 bits per heavy atom. The van der Waals surface area contributed by atoms with Crippen LogP contribution in [-0.4, -0.2) is 66.5 Å². The van der Waals surface area contributed by atoms with Gasteiger partial charge < -0.3 is 15.4 Å². The number of nitriles is 1. The molecule has 4 heterocycles. The largest absolute Gasteiger partial charge is 0.457 e. The summed E-state index contributed by atoms with van der Waals surface area (Å²) in [6.07, 6.45) is 6.49. The van der Waals surface area contributed by atoms with E-state index in [1.165, 1.54) is 10.9 Å². The number of likely N-dealkylation sites (tertiary alicyclic amines) is 2. The molecule has 2 aromatic heterocycles. The van der Waals surface area contributed by atoms with E-state index in [1.54, 1.807) is 39.8 Å². The van der Waals surface area contributed by atoms with E-state index >= 15 is 0 Å². The van der Waals surface area contributed by atoms with Crippen LogP contribution in [0.5, 0.6) is 11.5 Å². The number of para-hydroxylation sites is 1. The minimum absolute atomic E-state index is 0.161. The molecular weight excluding hydrogens is 556 g/mol. The van der Waals surface area contributed by atoms with E-state index in [0.29, 0.717) is 54.3 Å². The van der Waals surface area contributed by atoms with E-state index in [4.69, 9.17) is 10.5 Å². The van der Waals surface area contributed by atoms with Gasteiger partial charge in [0.15, 0.2) is 11.5 Å². The summed E-state index contributed by atoms with van der Waals surface area (Å²) in [5, 5.41) is 9.88. The summed E-state index contributed by atoms with van der Waals surface area (Å²) in [5.74, 6) is 1.28. The smallest absolute Gasteiger partial charge is 0.335 e. The minimum Gasteiger partial charge on any atom is -0.457 e. The van der Waals surface area contributed by atoms with Gasteiger partial charge in [-0.25, -0.2) is 14.8 Å². The molecule has 6 rings (SSSR count). The summed E-state index contributed by atoms with van der Waals surface area (Å²) in [6, 6.07) is 18.6. The Labute approximate surface area is 255 Å². The van der Waals surface area contributed by atoms with E-state index in [1.807, 2.05) is 30.3 Å². The van der Waals surface area contributed by atoms with Crippen LogP contribution in [-0.2, 0) is 4.79 Å². The standard InChI is InChI=1S/C33H36N8O3/c1-33(2,39-16-6-7-17-39)20-23(21-34)31(42)38-18-14-25(15-19-38)41-30-28(29(35)36-22-37-30)40(32(41)43)24-10-12-27(13-11-24)44-26-8-4-3-5-9-26/h3-5,8-13,20,22,25H,6-7,14-19H2,1-2H3,(H2,35,36,37)/b23-20-. The molecule has 2 fully saturated rings. The van der Waals surface area contributed by atoms with E-state index in [9.17, 15) is 14.9 Å². The first-order valence-electron chi connectivity index (χ1n) is 15.0. The van der Waals surface area contributed by atoms with Crippen molar-refractivity contribution in [1.82, 2.24) is 28.9 Å². The van der Waals surface area contributed by atoms with Crippen LogP contribution in [0.3, 0.4) is 0 Å². The summed E-state index contributed by atoms with van der Waals surface area (Å²) >= 11 is 0. The number of fused-ring (bicyclic) bond motifs is 1. The lowest BCUT2D eigenvalue weighted by Gasteiger charge is -2.34. The van der Waals surface area contributed by atoms with E-state index in [0.717, 1.165) is 25.9 Å². The SMILES string of the molecule is CC(C)(/C=C(/C#N)C(=O)N1CCC(n2c(=O)n(-c3ccc(Oc4ccccc4)cc3)c3c(N)ncnc32)CC1)N1CCCC1. The van der Waals surface area contributed by atoms with Crippen molar-refractivity contribution in [2.45, 2.75) is 51.1 Å². The Bertz CT molecular complexity index is 1790. The van der Waals surface area contributed by atoms with Gasteiger partial charge in [-0.1, -0.05) is 18.2 Å². The molecular formula is C33H36N8O3. The van der Waals surface area contributed by atoms with Crippen molar-refractivity contribution in [3.05, 3.63) is 83.1 Å². The second kappa shape index (κ2) is 12.0. The number of hydrogen-bond donors (Lipinski definition) is 1. The van der Waals surface area contributed by atoms with Crippen molar-refractivity contribution in [1.29, 1.82) is 5.26 Å². The zero-order chi connectivity index (χ0) is 30.8. The highest BCUT2D eigenvalue weighted by molar-refractivity contribution is 5.97. The Morgan fingerprint density at radius 2 is 1.66 bits per heavy atom. The number of aromatic nitrogens is 4. The van der Waals surface area contributed by atoms with Crippen LogP contribution < -0.4 is 16.2 Å². The molecule has 0 aliphatic carbocycles. The fraction of sp³-hybridized carbons (Fsp3) is 0.364. The Kier molecular flexibility index (Phi) is 7.93. The van der Waals surface area contributed by atoms with E-state index in [-0.39, 0.29) is 34.6 Å². The lowest BCUT2D eigenvalue weighted by Crippen LogP contribution is -2.43. The number of rotatable bonds is 7. The molecule has 2 saturated heterocycles. The number of nitrogens with zero attached hydrogens (tertiary/aromatic N) is 7. The fourth-order valence-electron chi connectivity index (χ4n) is 6.30. The summed E-state index contributed by atoms with van der Waals surface area (Å²) in [5.41, 5.74) is 7.30. The van der Waals surface area contributed by atoms with Crippen LogP contribution in [0.2, 0.25) is 0 Å². The highest BCUT2D eigenvalue weighted by atomic mass is 16.5. The number of nitrogens with two attached hydrogens (primary N) is 1. The number of anilines is 1. The Hall–Kier alpha value is -4.95. The van der Waals surface area contributed by atoms with Crippen LogP contribution in [0.15, 0.2) is 77.4 Å². The molecule has 2 aliphatic heterocycles. The predicted octanol–water partition coefficient (Wildman–Crippen LogP) is 4.44. The van der Waals surface area contributed by atoms with Crippen LogP contribution in [0.25, 0.3) is 16.9 Å². The Morgan fingerprint density at radius 3 is 2.32 bits per heavy atom. The monoisotopic (exact) mass is 592 g/mol. The number of nitrogen functional groups attached to an aromatic ring is 1. The average Bonchev–Trinajstić information content (AvgIpc) is 3.69. The van der Waals surface area contributed by atoms with Crippen molar-refractivity contribution in [2.75, 3.05) is 31.9 Å². The van der Waals surface area contributed by atoms with Crippen molar-refractivity contribution >= 4 is 22.9 Å². The summed E-state index contributed by atoms with van der Waals surface area (Å²) in [6.45, 7) is 6.85. The number of hydrogen-bond acceptors (Lipinski definition) is 8. The number of amides is 1. The lowest BCUT2D eigenvalue weighted by molar-refractivity contribution is -0.128. The molecule has 11 nitrogen and oxygen atoms in total. The summed E-state index contributed by atoms with van der Waals surface area (Å²) in [7, 11) is 0. The third-order valence-electron chi connectivity index (χ3n) is 8.64. The van der Waals surface area contributed by atoms with Crippen LogP contribution >= 0.6 is 0 Å². The van der Waals surface area contributed by atoms with Gasteiger partial charge in [0.2, 0.25) is 0 Å². The Balaban J connectivity index is 1.24. The van der Waals surface area contributed by atoms with Gasteiger partial charge in [0, 0.05) is 24.7 Å². The zero-order valence-corrected chi connectivity index (χ0v) is 25.0. The molecule has 226 valence electrons. The van der Waals surface area contributed by atoms with E-state index in [2.05, 4.69) is 34.8 Å². The van der Waals surface area contributed by atoms with Crippen molar-refractivity contribution in [3.8, 4) is 23.3 Å². The van der Waals surface area contributed by atoms with Gasteiger partial charge >= 0.3 is 5.69 Å². The van der Waals surface area contributed by atoms with Crippen molar-refractivity contribution in [2.24, 2.45) is 0 Å². The van der Waals surface area contributed by atoms with Gasteiger partial charge in [0.05, 0.1) is 5.69 Å². The molecule has 44 heavy (non-hydrogen) atoms. The van der Waals surface area contributed by atoms with Gasteiger partial charge in [0.25, 0.3) is 5.91 Å². The lowest BCUT2D eigenvalue weighted by atomic mass is 9.98. The molecule has 4 aromatic rings. The van der Waals surface area contributed by atoms with Gasteiger partial charge in [0.1, 0.15) is 35.0 Å². The van der Waals surface area contributed by atoms with Gasteiger partial charge in [-0.3, -0.25) is 18.8 Å². The second-order valence-corrected chi connectivity index (χ2v) is 11.9. The molecule has 0 saturated carbocycles. The maximum atomic E-state index is 14.0. The molecule has 2 aliphatic rings. The van der Waals surface area contributed by atoms with E-state index < -0.39 is 0 Å². The molecule has 2 N–H and O–H groups in total. The molecule has 0 bridgehead atoms. The molecule has 2 aromatic carbocycles. The number of ether oxygens (including phenoxy) is 1. The number of imidazole rings is 1. The van der Waals surface area contributed by atoms with Crippen molar-refractivity contribution < 1.29 is 9.53 Å². The highest BCUT2D eigenvalue weighted by Gasteiger charge is 2.33. The number of piperidine rings is 1. The minimum atomic E-state index is -0.379.